The summed E-state index contributed by atoms with van der Waals surface area (Å²) in [5.74, 6) is 0. The molecule has 0 aliphatic heterocycles. The van der Waals surface area contributed by atoms with Gasteiger partial charge in [-0.1, -0.05) is 44.2 Å². The molecule has 1 saturated carbocycles. The molecule has 0 amide bonds. The molecular formula is C16H22N4. The smallest absolute Gasteiger partial charge is 0.0969 e. The molecule has 2 aromatic rings. The van der Waals surface area contributed by atoms with Crippen LogP contribution in [0.2, 0.25) is 0 Å². The van der Waals surface area contributed by atoms with Crippen LogP contribution in [0.4, 0.5) is 0 Å². The Bertz CT molecular complexity index is 591. The highest BCUT2D eigenvalue weighted by atomic mass is 15.4. The predicted molar refractivity (Wildman–Crippen MR) is 79.9 cm³/mol. The van der Waals surface area contributed by atoms with Gasteiger partial charge in [0.25, 0.3) is 0 Å². The molecule has 0 atom stereocenters. The summed E-state index contributed by atoms with van der Waals surface area (Å²) in [5, 5.41) is 12.0. The van der Waals surface area contributed by atoms with E-state index in [1.807, 2.05) is 16.9 Å². The first kappa shape index (κ1) is 13.3. The van der Waals surface area contributed by atoms with Crippen molar-refractivity contribution >= 4 is 0 Å². The zero-order valence-corrected chi connectivity index (χ0v) is 12.4. The quantitative estimate of drug-likeness (QED) is 0.929. The number of aromatic nitrogens is 3. The van der Waals surface area contributed by atoms with E-state index in [9.17, 15) is 0 Å². The van der Waals surface area contributed by atoms with Crippen LogP contribution in [0, 0.1) is 0 Å². The van der Waals surface area contributed by atoms with Gasteiger partial charge < -0.3 is 5.32 Å². The van der Waals surface area contributed by atoms with E-state index in [1.165, 1.54) is 18.4 Å². The lowest BCUT2D eigenvalue weighted by atomic mass is 9.86. The van der Waals surface area contributed by atoms with Crippen LogP contribution in [0.1, 0.15) is 44.9 Å². The summed E-state index contributed by atoms with van der Waals surface area (Å²) in [6, 6.07) is 9.10. The minimum absolute atomic E-state index is 0.0922. The molecular weight excluding hydrogens is 248 g/mol. The van der Waals surface area contributed by atoms with E-state index in [1.54, 1.807) is 0 Å². The molecule has 0 unspecified atom stereocenters. The van der Waals surface area contributed by atoms with Crippen LogP contribution in [0.5, 0.6) is 0 Å². The highest BCUT2D eigenvalue weighted by molar-refractivity contribution is 5.44. The number of nitrogens with zero attached hydrogens (tertiary/aromatic N) is 3. The molecule has 0 radical (unpaired) electrons. The SMILES string of the molecule is CC(C)(C)c1ccccc1-n1cc(CNC2CC2)nn1. The Labute approximate surface area is 120 Å². The summed E-state index contributed by atoms with van der Waals surface area (Å²) in [7, 11) is 0. The Morgan fingerprint density at radius 2 is 2.00 bits per heavy atom. The second-order valence-corrected chi connectivity index (χ2v) is 6.58. The van der Waals surface area contributed by atoms with E-state index < -0.39 is 0 Å². The van der Waals surface area contributed by atoms with Crippen molar-refractivity contribution in [3.63, 3.8) is 0 Å². The lowest BCUT2D eigenvalue weighted by Crippen LogP contribution is -2.16. The average molecular weight is 270 g/mol. The topological polar surface area (TPSA) is 42.7 Å². The number of para-hydroxylation sites is 1. The van der Waals surface area contributed by atoms with Crippen molar-refractivity contribution < 1.29 is 0 Å². The van der Waals surface area contributed by atoms with Gasteiger partial charge >= 0.3 is 0 Å². The van der Waals surface area contributed by atoms with E-state index in [0.29, 0.717) is 6.04 Å². The van der Waals surface area contributed by atoms with E-state index in [2.05, 4.69) is 54.6 Å². The van der Waals surface area contributed by atoms with E-state index >= 15 is 0 Å². The lowest BCUT2D eigenvalue weighted by molar-refractivity contribution is 0.582. The molecule has 3 rings (SSSR count). The maximum absolute atomic E-state index is 4.29. The van der Waals surface area contributed by atoms with Crippen molar-refractivity contribution in [2.45, 2.75) is 51.6 Å². The first-order valence-corrected chi connectivity index (χ1v) is 7.28. The van der Waals surface area contributed by atoms with Gasteiger partial charge in [0, 0.05) is 12.6 Å². The molecule has 1 aliphatic rings. The second-order valence-electron chi connectivity index (χ2n) is 6.58. The van der Waals surface area contributed by atoms with Gasteiger partial charge in [-0.25, -0.2) is 4.68 Å². The third kappa shape index (κ3) is 2.90. The van der Waals surface area contributed by atoms with Crippen LogP contribution in [-0.2, 0) is 12.0 Å². The summed E-state index contributed by atoms with van der Waals surface area (Å²) < 4.78 is 1.89. The summed E-state index contributed by atoms with van der Waals surface area (Å²) in [5.41, 5.74) is 3.49. The molecule has 20 heavy (non-hydrogen) atoms. The number of rotatable bonds is 4. The lowest BCUT2D eigenvalue weighted by Gasteiger charge is -2.22. The van der Waals surface area contributed by atoms with Crippen molar-refractivity contribution in [3.05, 3.63) is 41.7 Å². The summed E-state index contributed by atoms with van der Waals surface area (Å²) in [6.07, 6.45) is 4.61. The summed E-state index contributed by atoms with van der Waals surface area (Å²) >= 11 is 0. The number of hydrogen-bond acceptors (Lipinski definition) is 3. The zero-order valence-electron chi connectivity index (χ0n) is 12.4. The van der Waals surface area contributed by atoms with E-state index in [0.717, 1.165) is 17.9 Å². The van der Waals surface area contributed by atoms with Gasteiger partial charge in [0.1, 0.15) is 0 Å². The van der Waals surface area contributed by atoms with Gasteiger partial charge in [0.15, 0.2) is 0 Å². The third-order valence-electron chi connectivity index (χ3n) is 3.65. The Hall–Kier alpha value is -1.68. The molecule has 1 N–H and O–H groups in total. The third-order valence-corrected chi connectivity index (χ3v) is 3.65. The molecule has 4 heteroatoms. The van der Waals surface area contributed by atoms with Gasteiger partial charge in [-0.05, 0) is 29.9 Å². The van der Waals surface area contributed by atoms with Gasteiger partial charge in [-0.2, -0.15) is 0 Å². The molecule has 1 aliphatic carbocycles. The van der Waals surface area contributed by atoms with Crippen LogP contribution < -0.4 is 5.32 Å². The van der Waals surface area contributed by atoms with Crippen molar-refractivity contribution in [1.29, 1.82) is 0 Å². The number of benzene rings is 1. The Morgan fingerprint density at radius 1 is 1.25 bits per heavy atom. The number of hydrogen-bond donors (Lipinski definition) is 1. The average Bonchev–Trinajstić information content (AvgIpc) is 3.12. The monoisotopic (exact) mass is 270 g/mol. The van der Waals surface area contributed by atoms with Crippen LogP contribution in [0.15, 0.2) is 30.5 Å². The van der Waals surface area contributed by atoms with Crippen molar-refractivity contribution in [3.8, 4) is 5.69 Å². The summed E-state index contributed by atoms with van der Waals surface area (Å²) in [4.78, 5) is 0. The van der Waals surface area contributed by atoms with Crippen LogP contribution >= 0.6 is 0 Å². The highest BCUT2D eigenvalue weighted by Gasteiger charge is 2.21. The molecule has 0 bridgehead atoms. The standard InChI is InChI=1S/C16H22N4/c1-16(2,3)14-6-4-5-7-15(14)20-11-13(18-19-20)10-17-12-8-9-12/h4-7,11-12,17H,8-10H2,1-3H3. The fraction of sp³-hybridized carbons (Fsp3) is 0.500. The van der Waals surface area contributed by atoms with Gasteiger partial charge in [-0.3, -0.25) is 0 Å². The minimum atomic E-state index is 0.0922. The van der Waals surface area contributed by atoms with E-state index in [-0.39, 0.29) is 5.41 Å². The Kier molecular flexibility index (Phi) is 3.34. The van der Waals surface area contributed by atoms with Crippen LogP contribution in [0.25, 0.3) is 5.69 Å². The molecule has 106 valence electrons. The van der Waals surface area contributed by atoms with Gasteiger partial charge in [0.05, 0.1) is 17.6 Å². The first-order chi connectivity index (χ1) is 9.54. The van der Waals surface area contributed by atoms with Crippen molar-refractivity contribution in [1.82, 2.24) is 20.3 Å². The fourth-order valence-electron chi connectivity index (χ4n) is 2.34. The Morgan fingerprint density at radius 3 is 2.70 bits per heavy atom. The van der Waals surface area contributed by atoms with Crippen LogP contribution in [-0.4, -0.2) is 21.0 Å². The molecule has 4 nitrogen and oxygen atoms in total. The molecule has 1 aromatic heterocycles. The summed E-state index contributed by atoms with van der Waals surface area (Å²) in [6.45, 7) is 7.47. The molecule has 1 heterocycles. The molecule has 1 aromatic carbocycles. The second kappa shape index (κ2) is 5.02. The van der Waals surface area contributed by atoms with Gasteiger partial charge in [-0.15, -0.1) is 5.10 Å². The van der Waals surface area contributed by atoms with Gasteiger partial charge in [0.2, 0.25) is 0 Å². The predicted octanol–water partition coefficient (Wildman–Crippen LogP) is 2.82. The van der Waals surface area contributed by atoms with Crippen molar-refractivity contribution in [2.24, 2.45) is 0 Å². The van der Waals surface area contributed by atoms with Crippen molar-refractivity contribution in [2.75, 3.05) is 0 Å². The molecule has 0 saturated heterocycles. The maximum Gasteiger partial charge on any atom is 0.0969 e. The normalized spacial score (nSPS) is 15.6. The largest absolute Gasteiger partial charge is 0.308 e. The minimum Gasteiger partial charge on any atom is -0.308 e. The fourth-order valence-corrected chi connectivity index (χ4v) is 2.34. The maximum atomic E-state index is 4.29. The van der Waals surface area contributed by atoms with Crippen LogP contribution in [0.3, 0.4) is 0 Å². The molecule has 1 fully saturated rings. The highest BCUT2D eigenvalue weighted by Crippen LogP contribution is 2.27. The zero-order chi connectivity index (χ0) is 14.2. The van der Waals surface area contributed by atoms with E-state index in [4.69, 9.17) is 0 Å². The molecule has 0 spiro atoms. The number of nitrogens with one attached hydrogen (secondary N) is 1. The first-order valence-electron chi connectivity index (χ1n) is 7.28. The Balaban J connectivity index is 1.85.